The van der Waals surface area contributed by atoms with E-state index in [4.69, 9.17) is 9.47 Å². The molecule has 0 aliphatic heterocycles. The van der Waals surface area contributed by atoms with Crippen LogP contribution < -0.4 is 0 Å². The molecule has 0 radical (unpaired) electrons. The highest BCUT2D eigenvalue weighted by Crippen LogP contribution is 2.13. The van der Waals surface area contributed by atoms with Gasteiger partial charge in [-0.3, -0.25) is 9.59 Å². The van der Waals surface area contributed by atoms with Crippen molar-refractivity contribution in [3.8, 4) is 0 Å². The summed E-state index contributed by atoms with van der Waals surface area (Å²) in [4.78, 5) is 24.0. The maximum Gasteiger partial charge on any atom is 0.306 e. The molecular formula is C31H58O5. The maximum absolute atomic E-state index is 12.0. The van der Waals surface area contributed by atoms with Crippen molar-refractivity contribution in [1.29, 1.82) is 0 Å². The number of carbonyl (C=O) groups excluding carboxylic acids is 2. The lowest BCUT2D eigenvalue weighted by molar-refractivity contribution is -0.161. The number of carbonyl (C=O) groups is 2. The molecule has 212 valence electrons. The van der Waals surface area contributed by atoms with Gasteiger partial charge in [0, 0.05) is 12.8 Å². The highest BCUT2D eigenvalue weighted by molar-refractivity contribution is 5.70. The van der Waals surface area contributed by atoms with Crippen LogP contribution in [0.3, 0.4) is 0 Å². The number of esters is 2. The van der Waals surface area contributed by atoms with Gasteiger partial charge in [0.1, 0.15) is 6.61 Å². The number of aliphatic hydroxyl groups excluding tert-OH is 1. The van der Waals surface area contributed by atoms with Crippen molar-refractivity contribution < 1.29 is 24.2 Å². The third-order valence-electron chi connectivity index (χ3n) is 6.56. The zero-order valence-corrected chi connectivity index (χ0v) is 23.8. The zero-order valence-electron chi connectivity index (χ0n) is 23.8. The van der Waals surface area contributed by atoms with Gasteiger partial charge >= 0.3 is 11.9 Å². The summed E-state index contributed by atoms with van der Waals surface area (Å²) in [5, 5.41) is 9.45. The van der Waals surface area contributed by atoms with Crippen molar-refractivity contribution in [2.75, 3.05) is 13.2 Å². The van der Waals surface area contributed by atoms with Gasteiger partial charge in [0.2, 0.25) is 0 Å². The molecule has 0 saturated heterocycles. The summed E-state index contributed by atoms with van der Waals surface area (Å²) in [6, 6.07) is 0. The van der Waals surface area contributed by atoms with Crippen molar-refractivity contribution >= 4 is 11.9 Å². The van der Waals surface area contributed by atoms with Crippen LogP contribution in [0.5, 0.6) is 0 Å². The smallest absolute Gasteiger partial charge is 0.306 e. The van der Waals surface area contributed by atoms with E-state index in [1.165, 1.54) is 83.5 Å². The molecule has 0 amide bonds. The molecule has 0 saturated carbocycles. The molecule has 1 N–H and O–H groups in total. The van der Waals surface area contributed by atoms with Crippen LogP contribution in [0, 0.1) is 0 Å². The molecule has 0 aliphatic carbocycles. The molecule has 36 heavy (non-hydrogen) atoms. The van der Waals surface area contributed by atoms with Crippen LogP contribution in [0.25, 0.3) is 0 Å². The summed E-state index contributed by atoms with van der Waals surface area (Å²) in [7, 11) is 0. The van der Waals surface area contributed by atoms with E-state index in [9.17, 15) is 14.7 Å². The first-order valence-electron chi connectivity index (χ1n) is 15.2. The molecule has 0 spiro atoms. The summed E-state index contributed by atoms with van der Waals surface area (Å²) < 4.78 is 10.5. The first-order chi connectivity index (χ1) is 17.6. The van der Waals surface area contributed by atoms with Crippen molar-refractivity contribution in [2.45, 2.75) is 161 Å². The molecule has 0 rings (SSSR count). The molecule has 1 atom stereocenters. The lowest BCUT2D eigenvalue weighted by Crippen LogP contribution is -2.28. The summed E-state index contributed by atoms with van der Waals surface area (Å²) in [6.07, 6.45) is 28.3. The average molecular weight is 511 g/mol. The normalized spacial score (nSPS) is 12.2. The zero-order chi connectivity index (χ0) is 26.5. The lowest BCUT2D eigenvalue weighted by Gasteiger charge is -2.15. The molecule has 0 aliphatic rings. The van der Waals surface area contributed by atoms with Gasteiger partial charge in [-0.25, -0.2) is 0 Å². The van der Waals surface area contributed by atoms with Crippen molar-refractivity contribution in [3.05, 3.63) is 12.2 Å². The molecule has 0 aromatic carbocycles. The molecule has 0 aromatic rings. The van der Waals surface area contributed by atoms with Crippen molar-refractivity contribution in [2.24, 2.45) is 0 Å². The van der Waals surface area contributed by atoms with E-state index in [1.54, 1.807) is 0 Å². The predicted octanol–water partition coefficient (Wildman–Crippen LogP) is 8.61. The van der Waals surface area contributed by atoms with Gasteiger partial charge in [-0.15, -0.1) is 0 Å². The number of aliphatic hydroxyl groups is 1. The van der Waals surface area contributed by atoms with Crippen LogP contribution in [-0.2, 0) is 19.1 Å². The van der Waals surface area contributed by atoms with E-state index in [0.717, 1.165) is 44.9 Å². The SMILES string of the molecule is CCCC/C=C\CCCCCCCC(=O)O[C@@H](CO)COC(=O)CCCCCCCCCCCCC. The second kappa shape index (κ2) is 28.2. The van der Waals surface area contributed by atoms with Gasteiger partial charge in [0.25, 0.3) is 0 Å². The fourth-order valence-corrected chi connectivity index (χ4v) is 4.18. The van der Waals surface area contributed by atoms with Crippen LogP contribution in [0.1, 0.15) is 155 Å². The Hall–Kier alpha value is -1.36. The Kier molecular flexibility index (Phi) is 27.1. The summed E-state index contributed by atoms with van der Waals surface area (Å²) in [5.74, 6) is -0.602. The number of unbranched alkanes of at least 4 members (excludes halogenated alkanes) is 17. The minimum absolute atomic E-state index is 0.0646. The number of hydrogen-bond acceptors (Lipinski definition) is 5. The minimum Gasteiger partial charge on any atom is -0.462 e. The van der Waals surface area contributed by atoms with Crippen LogP contribution in [-0.4, -0.2) is 36.4 Å². The Balaban J connectivity index is 3.60. The second-order valence-electron chi connectivity index (χ2n) is 10.2. The summed E-state index contributed by atoms with van der Waals surface area (Å²) in [5.41, 5.74) is 0. The Labute approximate surface area is 222 Å². The molecule has 0 heterocycles. The third-order valence-corrected chi connectivity index (χ3v) is 6.56. The predicted molar refractivity (Wildman–Crippen MR) is 150 cm³/mol. The Morgan fingerprint density at radius 3 is 1.58 bits per heavy atom. The molecule has 0 fully saturated rings. The molecule has 0 aromatic heterocycles. The van der Waals surface area contributed by atoms with E-state index in [0.29, 0.717) is 12.8 Å². The standard InChI is InChI=1S/C31H58O5/c1-3-5-7-9-11-13-15-17-19-21-23-25-30(33)35-28-29(27-32)36-31(34)26-24-22-20-18-16-14-12-10-8-6-4-2/h10,12,29,32H,3-9,11,13-28H2,1-2H3/b12-10-/t29-/m0/s1. The van der Waals surface area contributed by atoms with E-state index in [2.05, 4.69) is 26.0 Å². The largest absolute Gasteiger partial charge is 0.462 e. The van der Waals surface area contributed by atoms with Crippen molar-refractivity contribution in [1.82, 2.24) is 0 Å². The lowest BCUT2D eigenvalue weighted by atomic mass is 10.1. The third kappa shape index (κ3) is 25.7. The monoisotopic (exact) mass is 510 g/mol. The average Bonchev–Trinajstić information content (AvgIpc) is 2.88. The van der Waals surface area contributed by atoms with Gasteiger partial charge in [0.15, 0.2) is 6.10 Å². The number of ether oxygens (including phenoxy) is 2. The summed E-state index contributed by atoms with van der Waals surface area (Å²) >= 11 is 0. The Bertz CT molecular complexity index is 517. The second-order valence-corrected chi connectivity index (χ2v) is 10.2. The highest BCUT2D eigenvalue weighted by atomic mass is 16.6. The number of hydrogen-bond donors (Lipinski definition) is 1. The number of allylic oxidation sites excluding steroid dienone is 2. The highest BCUT2D eigenvalue weighted by Gasteiger charge is 2.16. The molecule has 0 bridgehead atoms. The van der Waals surface area contributed by atoms with Gasteiger partial charge in [0.05, 0.1) is 6.61 Å². The van der Waals surface area contributed by atoms with Crippen LogP contribution in [0.15, 0.2) is 12.2 Å². The quantitative estimate of drug-likeness (QED) is 0.0680. The van der Waals surface area contributed by atoms with Gasteiger partial charge in [-0.2, -0.15) is 0 Å². The molecule has 5 heteroatoms. The van der Waals surface area contributed by atoms with Crippen molar-refractivity contribution in [3.63, 3.8) is 0 Å². The van der Waals surface area contributed by atoms with E-state index >= 15 is 0 Å². The minimum atomic E-state index is -0.765. The van der Waals surface area contributed by atoms with Crippen LogP contribution in [0.2, 0.25) is 0 Å². The van der Waals surface area contributed by atoms with Crippen LogP contribution >= 0.6 is 0 Å². The topological polar surface area (TPSA) is 72.8 Å². The van der Waals surface area contributed by atoms with E-state index < -0.39 is 6.10 Å². The van der Waals surface area contributed by atoms with Crippen LogP contribution in [0.4, 0.5) is 0 Å². The maximum atomic E-state index is 12.0. The first-order valence-corrected chi connectivity index (χ1v) is 15.2. The van der Waals surface area contributed by atoms with E-state index in [1.807, 2.05) is 0 Å². The fraction of sp³-hybridized carbons (Fsp3) is 0.871. The number of rotatable bonds is 27. The molecule has 5 nitrogen and oxygen atoms in total. The fourth-order valence-electron chi connectivity index (χ4n) is 4.18. The van der Waals surface area contributed by atoms with Gasteiger partial charge in [-0.1, -0.05) is 122 Å². The van der Waals surface area contributed by atoms with E-state index in [-0.39, 0.29) is 25.2 Å². The molecular weight excluding hydrogens is 452 g/mol. The first kappa shape index (κ1) is 34.6. The van der Waals surface area contributed by atoms with Gasteiger partial charge in [-0.05, 0) is 32.1 Å². The van der Waals surface area contributed by atoms with Gasteiger partial charge < -0.3 is 14.6 Å². The Morgan fingerprint density at radius 2 is 1.06 bits per heavy atom. The summed E-state index contributed by atoms with van der Waals surface area (Å²) in [6.45, 7) is 4.06. The Morgan fingerprint density at radius 1 is 0.611 bits per heavy atom. The molecule has 0 unspecified atom stereocenters.